The van der Waals surface area contributed by atoms with Crippen LogP contribution in [0.15, 0.2) is 65.8 Å². The molecule has 0 aliphatic rings. The maximum atomic E-state index is 12.7. The van der Waals surface area contributed by atoms with Gasteiger partial charge in [0.25, 0.3) is 5.91 Å². The normalized spacial score (nSPS) is 12.5. The highest BCUT2D eigenvalue weighted by Crippen LogP contribution is 2.17. The molecule has 7 nitrogen and oxygen atoms in total. The number of H-pyrrole nitrogens is 1. The fourth-order valence-electron chi connectivity index (χ4n) is 2.73. The van der Waals surface area contributed by atoms with E-state index in [1.165, 1.54) is 12.1 Å². The second-order valence-corrected chi connectivity index (χ2v) is 8.22. The van der Waals surface area contributed by atoms with E-state index in [1.807, 2.05) is 30.3 Å². The Bertz CT molecular complexity index is 1050. The van der Waals surface area contributed by atoms with E-state index in [4.69, 9.17) is 0 Å². The zero-order chi connectivity index (χ0) is 20.1. The summed E-state index contributed by atoms with van der Waals surface area (Å²) in [4.78, 5) is 19.8. The van der Waals surface area contributed by atoms with Gasteiger partial charge in [0.1, 0.15) is 5.82 Å². The number of aromatic nitrogens is 2. The lowest BCUT2D eigenvalue weighted by molar-refractivity contribution is 0.0937. The van der Waals surface area contributed by atoms with Crippen molar-refractivity contribution in [2.24, 2.45) is 0 Å². The molecule has 1 aromatic heterocycles. The van der Waals surface area contributed by atoms with Crippen LogP contribution in [-0.2, 0) is 16.6 Å². The first kappa shape index (κ1) is 19.8. The Morgan fingerprint density at radius 2 is 1.93 bits per heavy atom. The number of rotatable bonds is 7. The molecule has 8 heteroatoms. The molecule has 28 heavy (non-hydrogen) atoms. The predicted molar refractivity (Wildman–Crippen MR) is 106 cm³/mol. The third kappa shape index (κ3) is 4.65. The molecule has 0 bridgehead atoms. The summed E-state index contributed by atoms with van der Waals surface area (Å²) >= 11 is 0. The summed E-state index contributed by atoms with van der Waals surface area (Å²) in [6, 6.07) is 13.4. The number of carbonyl (C=O) groups is 1. The summed E-state index contributed by atoms with van der Waals surface area (Å²) in [5, 5.41) is 2.83. The van der Waals surface area contributed by atoms with E-state index in [1.54, 1.807) is 32.3 Å². The van der Waals surface area contributed by atoms with Crippen LogP contribution in [0.1, 0.15) is 40.3 Å². The lowest BCUT2D eigenvalue weighted by atomic mass is 10.1. The topological polar surface area (TPSA) is 104 Å². The van der Waals surface area contributed by atoms with E-state index in [0.29, 0.717) is 17.0 Å². The van der Waals surface area contributed by atoms with Crippen molar-refractivity contribution in [1.82, 2.24) is 20.0 Å². The highest BCUT2D eigenvalue weighted by molar-refractivity contribution is 7.89. The first-order chi connectivity index (χ1) is 13.4. The molecule has 3 rings (SSSR count). The summed E-state index contributed by atoms with van der Waals surface area (Å²) in [5.74, 6) is 0.265. The summed E-state index contributed by atoms with van der Waals surface area (Å²) in [6.45, 7) is 3.74. The van der Waals surface area contributed by atoms with Gasteiger partial charge in [-0.1, -0.05) is 36.4 Å². The molecule has 3 N–H and O–H groups in total. The number of sulfonamides is 1. The number of aryl methyl sites for hydroxylation is 1. The predicted octanol–water partition coefficient (Wildman–Crippen LogP) is 2.69. The Balaban J connectivity index is 1.77. The van der Waals surface area contributed by atoms with Crippen LogP contribution in [0, 0.1) is 6.92 Å². The van der Waals surface area contributed by atoms with Gasteiger partial charge in [0.15, 0.2) is 0 Å². The number of amides is 1. The molecule has 0 aliphatic heterocycles. The van der Waals surface area contributed by atoms with Crippen molar-refractivity contribution in [1.29, 1.82) is 0 Å². The van der Waals surface area contributed by atoms with Crippen LogP contribution in [0.4, 0.5) is 0 Å². The van der Waals surface area contributed by atoms with Crippen LogP contribution in [0.2, 0.25) is 0 Å². The largest absolute Gasteiger partial charge is 0.347 e. The van der Waals surface area contributed by atoms with Gasteiger partial charge in [-0.25, -0.2) is 18.1 Å². The van der Waals surface area contributed by atoms with E-state index in [-0.39, 0.29) is 23.4 Å². The fraction of sp³-hybridized carbons (Fsp3) is 0.200. The van der Waals surface area contributed by atoms with Crippen molar-refractivity contribution in [3.05, 3.63) is 83.4 Å². The van der Waals surface area contributed by atoms with Gasteiger partial charge in [0.2, 0.25) is 10.0 Å². The van der Waals surface area contributed by atoms with Gasteiger partial charge in [-0.15, -0.1) is 0 Å². The quantitative estimate of drug-likeness (QED) is 0.569. The van der Waals surface area contributed by atoms with E-state index in [0.717, 1.165) is 5.56 Å². The molecule has 0 saturated carbocycles. The minimum absolute atomic E-state index is 0.0461. The van der Waals surface area contributed by atoms with Crippen molar-refractivity contribution in [3.63, 3.8) is 0 Å². The Morgan fingerprint density at radius 1 is 1.18 bits per heavy atom. The molecule has 0 unspecified atom stereocenters. The number of benzene rings is 2. The number of hydrogen-bond donors (Lipinski definition) is 3. The Morgan fingerprint density at radius 3 is 2.61 bits per heavy atom. The molecular weight excluding hydrogens is 376 g/mol. The van der Waals surface area contributed by atoms with Gasteiger partial charge < -0.3 is 10.3 Å². The maximum Gasteiger partial charge on any atom is 0.252 e. The smallest absolute Gasteiger partial charge is 0.252 e. The molecule has 1 atom stereocenters. The molecule has 0 saturated heterocycles. The van der Waals surface area contributed by atoms with Gasteiger partial charge in [-0.05, 0) is 37.1 Å². The van der Waals surface area contributed by atoms with Gasteiger partial charge in [0.05, 0.1) is 10.9 Å². The van der Waals surface area contributed by atoms with Crippen molar-refractivity contribution in [3.8, 4) is 0 Å². The van der Waals surface area contributed by atoms with Crippen LogP contribution in [0.5, 0.6) is 0 Å². The van der Waals surface area contributed by atoms with Crippen molar-refractivity contribution in [2.45, 2.75) is 31.3 Å². The third-order valence-electron chi connectivity index (χ3n) is 4.35. The number of hydrogen-bond acceptors (Lipinski definition) is 4. The highest BCUT2D eigenvalue weighted by Gasteiger charge is 2.19. The summed E-state index contributed by atoms with van der Waals surface area (Å²) in [7, 11) is -3.75. The molecule has 146 valence electrons. The number of carbonyl (C=O) groups excluding carboxylic acids is 1. The standard InChI is InChI=1S/C20H22N4O3S/c1-14-8-9-17(28(26,27)23-13-16-6-4-3-5-7-16)12-18(14)20(25)24-15(2)19-21-10-11-22-19/h3-12,15,23H,13H2,1-2H3,(H,21,22)(H,24,25)/t15-/m0/s1. The first-order valence-electron chi connectivity index (χ1n) is 8.81. The Labute approximate surface area is 164 Å². The summed E-state index contributed by atoms with van der Waals surface area (Å²) < 4.78 is 27.9. The number of nitrogens with one attached hydrogen (secondary N) is 3. The fourth-order valence-corrected chi connectivity index (χ4v) is 3.77. The van der Waals surface area contributed by atoms with Crippen LogP contribution in [0.3, 0.4) is 0 Å². The van der Waals surface area contributed by atoms with Crippen molar-refractivity contribution in [2.75, 3.05) is 0 Å². The van der Waals surface area contributed by atoms with Crippen LogP contribution >= 0.6 is 0 Å². The zero-order valence-electron chi connectivity index (χ0n) is 15.6. The minimum atomic E-state index is -3.75. The molecule has 0 aliphatic carbocycles. The molecule has 1 heterocycles. The molecule has 2 aromatic carbocycles. The molecular formula is C20H22N4O3S. The molecule has 0 spiro atoms. The first-order valence-corrected chi connectivity index (χ1v) is 10.3. The summed E-state index contributed by atoms with van der Waals surface area (Å²) in [6.07, 6.45) is 3.28. The van der Waals surface area contributed by atoms with Gasteiger partial charge >= 0.3 is 0 Å². The second-order valence-electron chi connectivity index (χ2n) is 6.46. The van der Waals surface area contributed by atoms with E-state index >= 15 is 0 Å². The number of aromatic amines is 1. The molecule has 3 aromatic rings. The van der Waals surface area contributed by atoms with Crippen LogP contribution < -0.4 is 10.0 Å². The molecule has 0 radical (unpaired) electrons. The van der Waals surface area contributed by atoms with Gasteiger partial charge in [0, 0.05) is 24.5 Å². The van der Waals surface area contributed by atoms with Crippen LogP contribution in [-0.4, -0.2) is 24.3 Å². The van der Waals surface area contributed by atoms with E-state index in [9.17, 15) is 13.2 Å². The lowest BCUT2D eigenvalue weighted by Gasteiger charge is -2.14. The van der Waals surface area contributed by atoms with Gasteiger partial charge in [-0.2, -0.15) is 0 Å². The molecule has 1 amide bonds. The maximum absolute atomic E-state index is 12.7. The van der Waals surface area contributed by atoms with Gasteiger partial charge in [-0.3, -0.25) is 4.79 Å². The summed E-state index contributed by atoms with van der Waals surface area (Å²) in [5.41, 5.74) is 1.84. The van der Waals surface area contributed by atoms with E-state index in [2.05, 4.69) is 20.0 Å². The Kier molecular flexibility index (Phi) is 5.91. The molecule has 0 fully saturated rings. The third-order valence-corrected chi connectivity index (χ3v) is 5.75. The Hall–Kier alpha value is -2.97. The second kappa shape index (κ2) is 8.37. The highest BCUT2D eigenvalue weighted by atomic mass is 32.2. The van der Waals surface area contributed by atoms with Crippen molar-refractivity contribution < 1.29 is 13.2 Å². The zero-order valence-corrected chi connectivity index (χ0v) is 16.5. The van der Waals surface area contributed by atoms with E-state index < -0.39 is 10.0 Å². The number of nitrogens with zero attached hydrogens (tertiary/aromatic N) is 1. The average Bonchev–Trinajstić information content (AvgIpc) is 3.22. The SMILES string of the molecule is Cc1ccc(S(=O)(=O)NCc2ccccc2)cc1C(=O)N[C@@H](C)c1ncc[nH]1. The minimum Gasteiger partial charge on any atom is -0.347 e. The van der Waals surface area contributed by atoms with Crippen molar-refractivity contribution >= 4 is 15.9 Å². The monoisotopic (exact) mass is 398 g/mol. The average molecular weight is 398 g/mol. The lowest BCUT2D eigenvalue weighted by Crippen LogP contribution is -2.29. The number of imidazole rings is 1. The van der Waals surface area contributed by atoms with Crippen LogP contribution in [0.25, 0.3) is 0 Å².